The van der Waals surface area contributed by atoms with Crippen molar-refractivity contribution in [1.29, 1.82) is 0 Å². The summed E-state index contributed by atoms with van der Waals surface area (Å²) in [5, 5.41) is 2.00. The van der Waals surface area contributed by atoms with Crippen molar-refractivity contribution in [3.63, 3.8) is 0 Å². The van der Waals surface area contributed by atoms with Crippen molar-refractivity contribution in [3.8, 4) is 0 Å². The molecule has 4 rings (SSSR count). The van der Waals surface area contributed by atoms with Crippen LogP contribution in [0.15, 0.2) is 29.2 Å². The number of aromatic nitrogens is 2. The van der Waals surface area contributed by atoms with Crippen LogP contribution in [0, 0.1) is 19.7 Å². The third kappa shape index (κ3) is 3.95. The molecule has 0 unspecified atom stereocenters. The van der Waals surface area contributed by atoms with Crippen molar-refractivity contribution >= 4 is 27.2 Å². The van der Waals surface area contributed by atoms with E-state index < -0.39 is 5.82 Å². The molecule has 148 valence electrons. The number of nitrogens with zero attached hydrogens (tertiary/aromatic N) is 3. The molecule has 1 fully saturated rings. The molecule has 0 spiro atoms. The Morgan fingerprint density at radius 2 is 2.00 bits per heavy atom. The maximum absolute atomic E-state index is 14.0. The fraction of sp³-hybridized carbons (Fsp3) is 0.429. The van der Waals surface area contributed by atoms with Crippen molar-refractivity contribution in [3.05, 3.63) is 56.7 Å². The van der Waals surface area contributed by atoms with E-state index in [0.29, 0.717) is 5.39 Å². The Morgan fingerprint density at radius 3 is 2.71 bits per heavy atom. The first-order valence-corrected chi connectivity index (χ1v) is 10.5. The first kappa shape index (κ1) is 19.1. The molecule has 2 aromatic heterocycles. The predicted octanol–water partition coefficient (Wildman–Crippen LogP) is 3.50. The van der Waals surface area contributed by atoms with Crippen LogP contribution in [0.4, 0.5) is 9.52 Å². The standard InChI is InChI=1S/C21H25FN4OS/c1-14-5-6-18(22)19-17(14)12-16(24-20(19)27)4-3-7-25-8-10-26(11-9-25)21-23-13-15(2)28-21/h5-6,12-13H,3-4,7-11H2,1-2H3,(H,24,27). The third-order valence-corrected chi connectivity index (χ3v) is 6.38. The lowest BCUT2D eigenvalue weighted by Crippen LogP contribution is -2.46. The SMILES string of the molecule is Cc1cnc(N2CCN(CCCc3cc4c(C)ccc(F)c4c(=O)[nH]3)CC2)s1. The van der Waals surface area contributed by atoms with Gasteiger partial charge in [-0.25, -0.2) is 9.37 Å². The molecule has 0 aliphatic carbocycles. The van der Waals surface area contributed by atoms with E-state index >= 15 is 0 Å². The maximum atomic E-state index is 14.0. The normalized spacial score (nSPS) is 15.5. The smallest absolute Gasteiger partial charge is 0.259 e. The van der Waals surface area contributed by atoms with Gasteiger partial charge in [0.05, 0.1) is 5.39 Å². The van der Waals surface area contributed by atoms with Gasteiger partial charge in [-0.2, -0.15) is 0 Å². The number of aryl methyl sites for hydroxylation is 3. The van der Waals surface area contributed by atoms with Crippen LogP contribution in [0.1, 0.15) is 22.6 Å². The molecule has 3 heterocycles. The molecule has 1 N–H and O–H groups in total. The molecule has 1 saturated heterocycles. The fourth-order valence-corrected chi connectivity index (χ4v) is 4.62. The van der Waals surface area contributed by atoms with Gasteiger partial charge in [-0.15, -0.1) is 11.3 Å². The van der Waals surface area contributed by atoms with Gasteiger partial charge in [0.2, 0.25) is 0 Å². The minimum atomic E-state index is -0.457. The highest BCUT2D eigenvalue weighted by Gasteiger charge is 2.19. The molecule has 28 heavy (non-hydrogen) atoms. The molecule has 0 amide bonds. The van der Waals surface area contributed by atoms with Crippen LogP contribution in [-0.2, 0) is 6.42 Å². The van der Waals surface area contributed by atoms with E-state index in [0.717, 1.165) is 62.0 Å². The number of nitrogens with one attached hydrogen (secondary N) is 1. The minimum absolute atomic E-state index is 0.164. The topological polar surface area (TPSA) is 52.2 Å². The zero-order chi connectivity index (χ0) is 19.7. The Bertz CT molecular complexity index is 1040. The Kier molecular flexibility index (Phi) is 5.46. The molecule has 1 aliphatic heterocycles. The summed E-state index contributed by atoms with van der Waals surface area (Å²) in [6.45, 7) is 9.04. The van der Waals surface area contributed by atoms with Gasteiger partial charge in [0.15, 0.2) is 5.13 Å². The highest BCUT2D eigenvalue weighted by atomic mass is 32.1. The Hall–Kier alpha value is -2.25. The van der Waals surface area contributed by atoms with Crippen LogP contribution in [0.25, 0.3) is 10.8 Å². The van der Waals surface area contributed by atoms with Gasteiger partial charge >= 0.3 is 0 Å². The summed E-state index contributed by atoms with van der Waals surface area (Å²) in [4.78, 5) is 25.7. The molecule has 1 aliphatic rings. The number of rotatable bonds is 5. The number of hydrogen-bond acceptors (Lipinski definition) is 5. The number of fused-ring (bicyclic) bond motifs is 1. The molecule has 1 aromatic carbocycles. The van der Waals surface area contributed by atoms with E-state index in [2.05, 4.69) is 26.7 Å². The number of thiazole rings is 1. The fourth-order valence-electron chi connectivity index (χ4n) is 3.81. The van der Waals surface area contributed by atoms with Crippen LogP contribution >= 0.6 is 11.3 Å². The van der Waals surface area contributed by atoms with Crippen molar-refractivity contribution in [2.75, 3.05) is 37.6 Å². The number of anilines is 1. The van der Waals surface area contributed by atoms with E-state index in [9.17, 15) is 9.18 Å². The summed E-state index contributed by atoms with van der Waals surface area (Å²) >= 11 is 1.75. The van der Waals surface area contributed by atoms with Crippen LogP contribution in [0.3, 0.4) is 0 Å². The van der Waals surface area contributed by atoms with Crippen molar-refractivity contribution in [2.45, 2.75) is 26.7 Å². The lowest BCUT2D eigenvalue weighted by Gasteiger charge is -2.34. The second-order valence-electron chi connectivity index (χ2n) is 7.46. The van der Waals surface area contributed by atoms with Gasteiger partial charge < -0.3 is 9.88 Å². The van der Waals surface area contributed by atoms with Crippen molar-refractivity contribution in [2.24, 2.45) is 0 Å². The zero-order valence-corrected chi connectivity index (χ0v) is 17.1. The highest BCUT2D eigenvalue weighted by molar-refractivity contribution is 7.15. The lowest BCUT2D eigenvalue weighted by atomic mass is 10.0. The van der Waals surface area contributed by atoms with Crippen LogP contribution in [-0.4, -0.2) is 47.6 Å². The van der Waals surface area contributed by atoms with Gasteiger partial charge in [0.1, 0.15) is 5.82 Å². The number of hydrogen-bond donors (Lipinski definition) is 1. The van der Waals surface area contributed by atoms with Gasteiger partial charge in [-0.1, -0.05) is 6.07 Å². The summed E-state index contributed by atoms with van der Waals surface area (Å²) in [6.07, 6.45) is 3.68. The van der Waals surface area contributed by atoms with E-state index in [4.69, 9.17) is 0 Å². The Labute approximate surface area is 167 Å². The van der Waals surface area contributed by atoms with Crippen LogP contribution in [0.2, 0.25) is 0 Å². The number of aromatic amines is 1. The van der Waals surface area contributed by atoms with Gasteiger partial charge in [-0.05, 0) is 56.3 Å². The number of pyridine rings is 1. The van der Waals surface area contributed by atoms with E-state index in [1.165, 1.54) is 10.9 Å². The molecule has 0 atom stereocenters. The molecule has 3 aromatic rings. The predicted molar refractivity (Wildman–Crippen MR) is 113 cm³/mol. The molecule has 5 nitrogen and oxygen atoms in total. The van der Waals surface area contributed by atoms with Crippen molar-refractivity contribution < 1.29 is 4.39 Å². The monoisotopic (exact) mass is 400 g/mol. The zero-order valence-electron chi connectivity index (χ0n) is 16.3. The number of piperazine rings is 1. The summed E-state index contributed by atoms with van der Waals surface area (Å²) in [7, 11) is 0. The largest absolute Gasteiger partial charge is 0.346 e. The summed E-state index contributed by atoms with van der Waals surface area (Å²) in [5.41, 5.74) is 1.47. The number of halogens is 1. The second-order valence-corrected chi connectivity index (χ2v) is 8.68. The van der Waals surface area contributed by atoms with Gasteiger partial charge in [0.25, 0.3) is 5.56 Å². The van der Waals surface area contributed by atoms with Gasteiger partial charge in [0, 0.05) is 42.9 Å². The number of benzene rings is 1. The van der Waals surface area contributed by atoms with Crippen LogP contribution < -0.4 is 10.5 Å². The van der Waals surface area contributed by atoms with Crippen LogP contribution in [0.5, 0.6) is 0 Å². The first-order chi connectivity index (χ1) is 13.5. The number of H-pyrrole nitrogens is 1. The van der Waals surface area contributed by atoms with Gasteiger partial charge in [-0.3, -0.25) is 9.69 Å². The second kappa shape index (κ2) is 8.01. The molecule has 0 saturated carbocycles. The molecule has 0 bridgehead atoms. The average Bonchev–Trinajstić information content (AvgIpc) is 3.11. The lowest BCUT2D eigenvalue weighted by molar-refractivity contribution is 0.255. The Balaban J connectivity index is 1.33. The van der Waals surface area contributed by atoms with E-state index in [1.54, 1.807) is 17.4 Å². The van der Waals surface area contributed by atoms with Crippen molar-refractivity contribution in [1.82, 2.24) is 14.9 Å². The average molecular weight is 401 g/mol. The third-order valence-electron chi connectivity index (χ3n) is 5.40. The maximum Gasteiger partial charge on any atom is 0.259 e. The summed E-state index contributed by atoms with van der Waals surface area (Å²) in [5.74, 6) is -0.457. The minimum Gasteiger partial charge on any atom is -0.346 e. The molecule has 0 radical (unpaired) electrons. The molecular weight excluding hydrogens is 375 g/mol. The molecule has 7 heteroatoms. The van der Waals surface area contributed by atoms with E-state index in [-0.39, 0.29) is 10.9 Å². The highest BCUT2D eigenvalue weighted by Crippen LogP contribution is 2.23. The quantitative estimate of drug-likeness (QED) is 0.712. The summed E-state index contributed by atoms with van der Waals surface area (Å²) < 4.78 is 14.0. The molecular formula is C21H25FN4OS. The Morgan fingerprint density at radius 1 is 1.21 bits per heavy atom. The van der Waals surface area contributed by atoms with E-state index in [1.807, 2.05) is 19.2 Å². The summed E-state index contributed by atoms with van der Waals surface area (Å²) in [6, 6.07) is 5.02. The first-order valence-electron chi connectivity index (χ1n) is 9.72.